The van der Waals surface area contributed by atoms with Crippen LogP contribution in [0.25, 0.3) is 5.57 Å². The monoisotopic (exact) mass is 564 g/mol. The van der Waals surface area contributed by atoms with E-state index in [0.29, 0.717) is 34.8 Å². The van der Waals surface area contributed by atoms with Crippen LogP contribution >= 0.6 is 0 Å². The Labute approximate surface area is 242 Å². The third-order valence-electron chi connectivity index (χ3n) is 5.57. The molecule has 0 spiro atoms. The van der Waals surface area contributed by atoms with Crippen molar-refractivity contribution < 1.29 is 28.6 Å². The van der Waals surface area contributed by atoms with Crippen molar-refractivity contribution in [3.05, 3.63) is 119 Å². The zero-order valence-corrected chi connectivity index (χ0v) is 24.9. The lowest BCUT2D eigenvalue weighted by Gasteiger charge is -2.15. The van der Waals surface area contributed by atoms with E-state index in [4.69, 9.17) is 9.47 Å². The van der Waals surface area contributed by atoms with Crippen LogP contribution in [0.1, 0.15) is 50.5 Å². The molecule has 0 aromatic heterocycles. The van der Waals surface area contributed by atoms with Crippen LogP contribution in [0.4, 0.5) is 4.39 Å². The molecule has 1 aromatic rings. The lowest BCUT2D eigenvalue weighted by molar-refractivity contribution is -0.116. The molecule has 0 heterocycles. The predicted molar refractivity (Wildman–Crippen MR) is 164 cm³/mol. The molecule has 0 saturated heterocycles. The number of ether oxygens (including phenoxy) is 2. The maximum absolute atomic E-state index is 14.6. The van der Waals surface area contributed by atoms with Gasteiger partial charge < -0.3 is 25.2 Å². The zero-order valence-electron chi connectivity index (χ0n) is 24.9. The van der Waals surface area contributed by atoms with Gasteiger partial charge in [0.1, 0.15) is 12.4 Å². The van der Waals surface area contributed by atoms with Gasteiger partial charge in [0.2, 0.25) is 0 Å². The predicted octanol–water partition coefficient (Wildman–Crippen LogP) is 6.66. The van der Waals surface area contributed by atoms with Gasteiger partial charge in [-0.25, -0.2) is 9.18 Å². The minimum atomic E-state index is -1.24. The van der Waals surface area contributed by atoms with E-state index < -0.39 is 17.7 Å². The lowest BCUT2D eigenvalue weighted by Crippen LogP contribution is -2.24. The molecule has 0 aliphatic carbocycles. The van der Waals surface area contributed by atoms with Gasteiger partial charge in [-0.05, 0) is 94.8 Å². The van der Waals surface area contributed by atoms with Crippen LogP contribution in [-0.4, -0.2) is 44.3 Å². The number of amides is 1. The van der Waals surface area contributed by atoms with E-state index in [1.807, 2.05) is 44.2 Å². The Kier molecular flexibility index (Phi) is 15.2. The van der Waals surface area contributed by atoms with Gasteiger partial charge in [-0.3, -0.25) is 4.79 Å². The summed E-state index contributed by atoms with van der Waals surface area (Å²) >= 11 is 0. The van der Waals surface area contributed by atoms with Crippen molar-refractivity contribution in [2.75, 3.05) is 27.3 Å². The van der Waals surface area contributed by atoms with Gasteiger partial charge >= 0.3 is 5.97 Å². The maximum atomic E-state index is 14.6. The molecule has 0 fully saturated rings. The van der Waals surface area contributed by atoms with E-state index in [-0.39, 0.29) is 23.4 Å². The molecule has 0 saturated carbocycles. The molecule has 3 N–H and O–H groups in total. The Hall–Kier alpha value is -4.43. The van der Waals surface area contributed by atoms with Crippen molar-refractivity contribution in [3.8, 4) is 5.75 Å². The SMILES string of the molecule is C=C/C=C\C=C(/C)COC(/C=C\C)=C/C=C(\C)NC(=O)C(/C=C(\CNC)c1cc(F)c(OC)cc1C(=O)O)=C(C)C. The van der Waals surface area contributed by atoms with Crippen molar-refractivity contribution in [2.45, 2.75) is 34.6 Å². The van der Waals surface area contributed by atoms with E-state index in [0.717, 1.165) is 17.7 Å². The Morgan fingerprint density at radius 2 is 1.78 bits per heavy atom. The smallest absolute Gasteiger partial charge is 0.336 e. The van der Waals surface area contributed by atoms with Crippen molar-refractivity contribution in [2.24, 2.45) is 0 Å². The highest BCUT2D eigenvalue weighted by molar-refractivity contribution is 6.01. The van der Waals surface area contributed by atoms with Gasteiger partial charge in [0.15, 0.2) is 11.6 Å². The molecule has 0 aliphatic heterocycles. The van der Waals surface area contributed by atoms with Crippen molar-refractivity contribution in [3.63, 3.8) is 0 Å². The number of rotatable bonds is 15. The average molecular weight is 565 g/mol. The molecule has 41 heavy (non-hydrogen) atoms. The normalized spacial score (nSPS) is 13.0. The van der Waals surface area contributed by atoms with E-state index in [1.165, 1.54) is 7.11 Å². The fraction of sp³-hybridized carbons (Fsp3) is 0.273. The maximum Gasteiger partial charge on any atom is 0.336 e. The summed E-state index contributed by atoms with van der Waals surface area (Å²) < 4.78 is 25.4. The fourth-order valence-corrected chi connectivity index (χ4v) is 3.53. The van der Waals surface area contributed by atoms with E-state index in [2.05, 4.69) is 17.2 Å². The molecular formula is C33H41FN2O5. The Balaban J connectivity index is 3.33. The van der Waals surface area contributed by atoms with Crippen LogP contribution in [0, 0.1) is 5.82 Å². The van der Waals surface area contributed by atoms with Crippen LogP contribution in [0.3, 0.4) is 0 Å². The molecule has 0 bridgehead atoms. The number of nitrogens with one attached hydrogen (secondary N) is 2. The molecule has 220 valence electrons. The van der Waals surface area contributed by atoms with Gasteiger partial charge in [0, 0.05) is 17.8 Å². The summed E-state index contributed by atoms with van der Waals surface area (Å²) in [4.78, 5) is 25.3. The lowest BCUT2D eigenvalue weighted by atomic mass is 9.95. The van der Waals surface area contributed by atoms with Crippen LogP contribution in [-0.2, 0) is 9.53 Å². The minimum absolute atomic E-state index is 0.141. The van der Waals surface area contributed by atoms with Gasteiger partial charge in [-0.1, -0.05) is 42.5 Å². The second kappa shape index (κ2) is 18.0. The molecule has 8 heteroatoms. The first-order chi connectivity index (χ1) is 19.5. The number of carboxylic acids is 1. The van der Waals surface area contributed by atoms with Crippen molar-refractivity contribution >= 4 is 17.4 Å². The van der Waals surface area contributed by atoms with Crippen LogP contribution < -0.4 is 15.4 Å². The Morgan fingerprint density at radius 3 is 2.34 bits per heavy atom. The number of hydrogen-bond donors (Lipinski definition) is 3. The number of methoxy groups -OCH3 is 1. The molecule has 1 amide bonds. The van der Waals surface area contributed by atoms with Crippen LogP contribution in [0.15, 0.2) is 102 Å². The molecule has 0 unspecified atom stereocenters. The van der Waals surface area contributed by atoms with Crippen molar-refractivity contribution in [1.29, 1.82) is 0 Å². The number of carbonyl (C=O) groups excluding carboxylic acids is 1. The number of halogens is 1. The van der Waals surface area contributed by atoms with Crippen molar-refractivity contribution in [1.82, 2.24) is 10.6 Å². The van der Waals surface area contributed by atoms with Gasteiger partial charge in [-0.2, -0.15) is 0 Å². The highest BCUT2D eigenvalue weighted by atomic mass is 19.1. The summed E-state index contributed by atoms with van der Waals surface area (Å²) in [5.74, 6) is -1.91. The second-order valence-electron chi connectivity index (χ2n) is 9.25. The first-order valence-corrected chi connectivity index (χ1v) is 13.0. The number of hydrogen-bond acceptors (Lipinski definition) is 5. The van der Waals surface area contributed by atoms with Gasteiger partial charge in [0.05, 0.1) is 12.7 Å². The topological polar surface area (TPSA) is 96.9 Å². The molecule has 1 aromatic carbocycles. The average Bonchev–Trinajstić information content (AvgIpc) is 2.92. The standard InChI is InChI=1S/C33H41FN2O5/c1-9-11-12-14-23(5)21-41-26(13-10-2)16-15-24(6)36-32(37)27(22(3)4)17-25(20-35-7)28-18-30(34)31(40-8)19-29(28)33(38)39/h9-19,35H,1,20-21H2,2-8H3,(H,36,37)(H,38,39)/b12-11-,13-10-,23-14+,24-15+,25-17+,26-16+. The summed E-state index contributed by atoms with van der Waals surface area (Å²) in [5.41, 5.74) is 3.02. The van der Waals surface area contributed by atoms with Gasteiger partial charge in [0.25, 0.3) is 5.91 Å². The fourth-order valence-electron chi connectivity index (χ4n) is 3.53. The summed E-state index contributed by atoms with van der Waals surface area (Å²) in [5, 5.41) is 15.6. The first-order valence-electron chi connectivity index (χ1n) is 13.0. The number of benzene rings is 1. The molecule has 0 aliphatic rings. The van der Waals surface area contributed by atoms with E-state index in [9.17, 15) is 19.1 Å². The van der Waals surface area contributed by atoms with E-state index >= 15 is 0 Å². The highest BCUT2D eigenvalue weighted by Gasteiger charge is 2.20. The summed E-state index contributed by atoms with van der Waals surface area (Å²) in [6.45, 7) is 13.3. The first kappa shape index (κ1) is 34.6. The zero-order chi connectivity index (χ0) is 30.9. The summed E-state index contributed by atoms with van der Waals surface area (Å²) in [6, 6.07) is 2.25. The summed E-state index contributed by atoms with van der Waals surface area (Å²) in [7, 11) is 2.94. The number of carboxylic acid groups (broad SMARTS) is 1. The van der Waals surface area contributed by atoms with Gasteiger partial charge in [-0.15, -0.1) is 0 Å². The van der Waals surface area contributed by atoms with E-state index in [1.54, 1.807) is 52.1 Å². The molecule has 1 rings (SSSR count). The Bertz CT molecular complexity index is 1320. The second-order valence-corrected chi connectivity index (χ2v) is 9.25. The Morgan fingerprint density at radius 1 is 1.07 bits per heavy atom. The molecule has 0 atom stereocenters. The molecular weight excluding hydrogens is 523 g/mol. The largest absolute Gasteiger partial charge is 0.494 e. The third kappa shape index (κ3) is 11.7. The molecule has 0 radical (unpaired) electrons. The van der Waals surface area contributed by atoms with Crippen LogP contribution in [0.2, 0.25) is 0 Å². The number of carbonyl (C=O) groups is 2. The minimum Gasteiger partial charge on any atom is -0.494 e. The van der Waals surface area contributed by atoms with Crippen LogP contribution in [0.5, 0.6) is 5.75 Å². The quantitative estimate of drug-likeness (QED) is 0.125. The molecule has 7 nitrogen and oxygen atoms in total. The highest BCUT2D eigenvalue weighted by Crippen LogP contribution is 2.28. The third-order valence-corrected chi connectivity index (χ3v) is 5.57. The number of likely N-dealkylation sites (N-methyl/N-ethyl adjacent to an activating group) is 1. The number of allylic oxidation sites excluding steroid dienone is 10. The summed E-state index contributed by atoms with van der Waals surface area (Å²) in [6.07, 6.45) is 16.1. The number of aromatic carboxylic acids is 1.